The minimum atomic E-state index is -0.477. The standard InChI is InChI=1S/C15H23F2N/c1-5-18-15(7-6-10(2)3)12-8-11(4)13(16)9-14(12)17/h8-10,15,18H,5-7H2,1-4H3. The molecular formula is C15H23F2N. The van der Waals surface area contributed by atoms with E-state index in [9.17, 15) is 8.78 Å². The first-order valence-electron chi connectivity index (χ1n) is 6.64. The number of halogens is 2. The van der Waals surface area contributed by atoms with Crippen LogP contribution >= 0.6 is 0 Å². The molecule has 0 radical (unpaired) electrons. The molecule has 102 valence electrons. The quantitative estimate of drug-likeness (QED) is 0.796. The summed E-state index contributed by atoms with van der Waals surface area (Å²) in [5, 5.41) is 3.28. The van der Waals surface area contributed by atoms with Crippen molar-refractivity contribution in [2.24, 2.45) is 5.92 Å². The Hall–Kier alpha value is -0.960. The summed E-state index contributed by atoms with van der Waals surface area (Å²) < 4.78 is 27.1. The molecule has 0 amide bonds. The Morgan fingerprint density at radius 3 is 2.33 bits per heavy atom. The van der Waals surface area contributed by atoms with Gasteiger partial charge in [-0.1, -0.05) is 20.8 Å². The van der Waals surface area contributed by atoms with Crippen molar-refractivity contribution in [2.45, 2.75) is 46.6 Å². The predicted molar refractivity (Wildman–Crippen MR) is 71.6 cm³/mol. The van der Waals surface area contributed by atoms with Crippen molar-refractivity contribution in [2.75, 3.05) is 6.54 Å². The molecule has 1 unspecified atom stereocenters. The molecular weight excluding hydrogens is 232 g/mol. The van der Waals surface area contributed by atoms with Crippen LogP contribution in [-0.2, 0) is 0 Å². The van der Waals surface area contributed by atoms with Crippen LogP contribution in [0.4, 0.5) is 8.78 Å². The van der Waals surface area contributed by atoms with E-state index in [0.29, 0.717) is 17.0 Å². The van der Waals surface area contributed by atoms with E-state index in [1.54, 1.807) is 13.0 Å². The number of benzene rings is 1. The van der Waals surface area contributed by atoms with Gasteiger partial charge in [-0.25, -0.2) is 8.78 Å². The second-order valence-corrected chi connectivity index (χ2v) is 5.20. The van der Waals surface area contributed by atoms with Gasteiger partial charge in [0, 0.05) is 17.7 Å². The van der Waals surface area contributed by atoms with Gasteiger partial charge >= 0.3 is 0 Å². The zero-order valence-electron chi connectivity index (χ0n) is 11.7. The van der Waals surface area contributed by atoms with Gasteiger partial charge in [0.1, 0.15) is 11.6 Å². The number of hydrogen-bond donors (Lipinski definition) is 1. The highest BCUT2D eigenvalue weighted by Gasteiger charge is 2.17. The first-order valence-corrected chi connectivity index (χ1v) is 6.64. The maximum Gasteiger partial charge on any atom is 0.130 e. The van der Waals surface area contributed by atoms with Crippen LogP contribution in [0.15, 0.2) is 12.1 Å². The summed E-state index contributed by atoms with van der Waals surface area (Å²) in [6, 6.07) is 2.58. The summed E-state index contributed by atoms with van der Waals surface area (Å²) in [4.78, 5) is 0. The van der Waals surface area contributed by atoms with Crippen LogP contribution in [0, 0.1) is 24.5 Å². The molecule has 3 heteroatoms. The van der Waals surface area contributed by atoms with Crippen molar-refractivity contribution in [1.29, 1.82) is 0 Å². The number of aryl methyl sites for hydroxylation is 1. The van der Waals surface area contributed by atoms with E-state index in [1.807, 2.05) is 6.92 Å². The largest absolute Gasteiger partial charge is 0.310 e. The Kier molecular flexibility index (Phi) is 5.73. The third-order valence-corrected chi connectivity index (χ3v) is 3.14. The monoisotopic (exact) mass is 255 g/mol. The molecule has 1 nitrogen and oxygen atoms in total. The van der Waals surface area contributed by atoms with Crippen molar-refractivity contribution in [3.05, 3.63) is 34.9 Å². The average molecular weight is 255 g/mol. The van der Waals surface area contributed by atoms with Gasteiger partial charge in [0.15, 0.2) is 0 Å². The first-order chi connectivity index (χ1) is 8.45. The van der Waals surface area contributed by atoms with Crippen LogP contribution in [0.2, 0.25) is 0 Å². The van der Waals surface area contributed by atoms with Crippen LogP contribution in [0.25, 0.3) is 0 Å². The molecule has 0 heterocycles. The van der Waals surface area contributed by atoms with Crippen molar-refractivity contribution in [1.82, 2.24) is 5.32 Å². The molecule has 0 aliphatic rings. The molecule has 1 N–H and O–H groups in total. The summed E-state index contributed by atoms with van der Waals surface area (Å²) in [6.45, 7) is 8.74. The lowest BCUT2D eigenvalue weighted by atomic mass is 9.96. The fraction of sp³-hybridized carbons (Fsp3) is 0.600. The Labute approximate surface area is 109 Å². The van der Waals surface area contributed by atoms with Gasteiger partial charge in [0.05, 0.1) is 0 Å². The molecule has 1 aromatic carbocycles. The topological polar surface area (TPSA) is 12.0 Å². The molecule has 0 bridgehead atoms. The lowest BCUT2D eigenvalue weighted by molar-refractivity contribution is 0.432. The summed E-state index contributed by atoms with van der Waals surface area (Å²) in [6.07, 6.45) is 1.89. The van der Waals surface area contributed by atoms with Crippen molar-refractivity contribution >= 4 is 0 Å². The third kappa shape index (κ3) is 4.05. The van der Waals surface area contributed by atoms with Gasteiger partial charge in [-0.15, -0.1) is 0 Å². The Balaban J connectivity index is 2.94. The number of hydrogen-bond acceptors (Lipinski definition) is 1. The number of nitrogens with one attached hydrogen (secondary N) is 1. The SMILES string of the molecule is CCNC(CCC(C)C)c1cc(C)c(F)cc1F. The highest BCUT2D eigenvalue weighted by Crippen LogP contribution is 2.25. The van der Waals surface area contributed by atoms with E-state index in [4.69, 9.17) is 0 Å². The van der Waals surface area contributed by atoms with Crippen LogP contribution < -0.4 is 5.32 Å². The Bertz CT molecular complexity index is 388. The van der Waals surface area contributed by atoms with Crippen LogP contribution in [0.1, 0.15) is 50.8 Å². The first kappa shape index (κ1) is 15.1. The van der Waals surface area contributed by atoms with Gasteiger partial charge < -0.3 is 5.32 Å². The molecule has 1 rings (SSSR count). The second-order valence-electron chi connectivity index (χ2n) is 5.20. The molecule has 1 aromatic rings. The molecule has 0 saturated heterocycles. The molecule has 18 heavy (non-hydrogen) atoms. The van der Waals surface area contributed by atoms with E-state index in [0.717, 1.165) is 25.5 Å². The lowest BCUT2D eigenvalue weighted by Crippen LogP contribution is -2.22. The maximum absolute atomic E-state index is 13.8. The van der Waals surface area contributed by atoms with Crippen molar-refractivity contribution in [3.63, 3.8) is 0 Å². The highest BCUT2D eigenvalue weighted by atomic mass is 19.1. The second kappa shape index (κ2) is 6.83. The maximum atomic E-state index is 13.8. The fourth-order valence-corrected chi connectivity index (χ4v) is 2.06. The van der Waals surface area contributed by atoms with Gasteiger partial charge in [0.25, 0.3) is 0 Å². The average Bonchev–Trinajstić information content (AvgIpc) is 2.29. The molecule has 0 aromatic heterocycles. The summed E-state index contributed by atoms with van der Waals surface area (Å²) >= 11 is 0. The summed E-state index contributed by atoms with van der Waals surface area (Å²) in [7, 11) is 0. The normalized spacial score (nSPS) is 13.1. The van der Waals surface area contributed by atoms with E-state index in [2.05, 4.69) is 19.2 Å². The molecule has 0 aliphatic heterocycles. The smallest absolute Gasteiger partial charge is 0.130 e. The zero-order chi connectivity index (χ0) is 13.7. The van der Waals surface area contributed by atoms with Crippen LogP contribution in [0.3, 0.4) is 0 Å². The van der Waals surface area contributed by atoms with E-state index < -0.39 is 11.6 Å². The third-order valence-electron chi connectivity index (χ3n) is 3.14. The van der Waals surface area contributed by atoms with E-state index >= 15 is 0 Å². The molecule has 1 atom stereocenters. The number of rotatable bonds is 6. The summed E-state index contributed by atoms with van der Waals surface area (Å²) in [5.74, 6) is -0.348. The van der Waals surface area contributed by atoms with E-state index in [1.165, 1.54) is 0 Å². The lowest BCUT2D eigenvalue weighted by Gasteiger charge is -2.20. The highest BCUT2D eigenvalue weighted by molar-refractivity contribution is 5.28. The van der Waals surface area contributed by atoms with Crippen LogP contribution in [-0.4, -0.2) is 6.54 Å². The Morgan fingerprint density at radius 2 is 1.78 bits per heavy atom. The van der Waals surface area contributed by atoms with Gasteiger partial charge in [-0.3, -0.25) is 0 Å². The minimum Gasteiger partial charge on any atom is -0.310 e. The van der Waals surface area contributed by atoms with Gasteiger partial charge in [-0.05, 0) is 43.9 Å². The predicted octanol–water partition coefficient (Wildman–Crippen LogP) is 4.36. The van der Waals surface area contributed by atoms with Gasteiger partial charge in [0.2, 0.25) is 0 Å². The van der Waals surface area contributed by atoms with Crippen molar-refractivity contribution in [3.8, 4) is 0 Å². The minimum absolute atomic E-state index is 0.0308. The molecule has 0 fully saturated rings. The van der Waals surface area contributed by atoms with Gasteiger partial charge in [-0.2, -0.15) is 0 Å². The Morgan fingerprint density at radius 1 is 1.11 bits per heavy atom. The van der Waals surface area contributed by atoms with Crippen molar-refractivity contribution < 1.29 is 8.78 Å². The van der Waals surface area contributed by atoms with E-state index in [-0.39, 0.29) is 6.04 Å². The van der Waals surface area contributed by atoms with Crippen LogP contribution in [0.5, 0.6) is 0 Å². The molecule has 0 saturated carbocycles. The molecule has 0 aliphatic carbocycles. The molecule has 0 spiro atoms. The zero-order valence-corrected chi connectivity index (χ0v) is 11.7. The summed E-state index contributed by atoms with van der Waals surface area (Å²) in [5.41, 5.74) is 1.08. The fourth-order valence-electron chi connectivity index (χ4n) is 2.06.